The monoisotopic (exact) mass is 274 g/mol. The average Bonchev–Trinajstić information content (AvgIpc) is 2.12. The van der Waals surface area contributed by atoms with Gasteiger partial charge < -0.3 is 11.1 Å². The van der Waals surface area contributed by atoms with Crippen molar-refractivity contribution < 1.29 is 13.6 Å². The molecule has 1 aromatic carbocycles. The first-order chi connectivity index (χ1) is 8.19. The van der Waals surface area contributed by atoms with Crippen LogP contribution in [-0.4, -0.2) is 17.2 Å². The van der Waals surface area contributed by atoms with Gasteiger partial charge in [0.15, 0.2) is 0 Å². The number of carbonyl (C=O) groups is 1. The van der Waals surface area contributed by atoms with E-state index in [0.29, 0.717) is 0 Å². The van der Waals surface area contributed by atoms with Crippen molar-refractivity contribution in [1.29, 1.82) is 0 Å². The van der Waals surface area contributed by atoms with Crippen LogP contribution >= 0.6 is 11.8 Å². The minimum atomic E-state index is -0.749. The van der Waals surface area contributed by atoms with Gasteiger partial charge in [-0.15, -0.1) is 11.8 Å². The molecule has 1 rings (SSSR count). The smallest absolute Gasteiger partial charge is 0.230 e. The summed E-state index contributed by atoms with van der Waals surface area (Å²) in [5.41, 5.74) is 4.96. The minimum Gasteiger partial charge on any atom is -0.399 e. The fourth-order valence-electron chi connectivity index (χ4n) is 1.31. The minimum absolute atomic E-state index is 0.0218. The number of thioether (sulfide) groups is 1. The van der Waals surface area contributed by atoms with Gasteiger partial charge >= 0.3 is 0 Å². The van der Waals surface area contributed by atoms with E-state index < -0.39 is 11.6 Å². The molecule has 0 saturated carbocycles. The Hall–Kier alpha value is -1.30. The van der Waals surface area contributed by atoms with Gasteiger partial charge in [0.05, 0.1) is 10.6 Å². The van der Waals surface area contributed by atoms with Gasteiger partial charge in [0.1, 0.15) is 11.6 Å². The summed E-state index contributed by atoms with van der Waals surface area (Å²) in [4.78, 5) is 11.3. The average molecular weight is 274 g/mol. The molecule has 18 heavy (non-hydrogen) atoms. The number of halogens is 2. The standard InChI is InChI=1S/C12H16F2N2OS/c1-12(2,3)16-10(17)6-18-11-8(13)4-7(15)5-9(11)14/h4-5H,6,15H2,1-3H3,(H,16,17). The second-order valence-corrected chi connectivity index (χ2v) is 5.89. The molecule has 100 valence electrons. The molecule has 0 fully saturated rings. The quantitative estimate of drug-likeness (QED) is 0.658. The summed E-state index contributed by atoms with van der Waals surface area (Å²) in [6.45, 7) is 5.50. The van der Waals surface area contributed by atoms with E-state index in [0.717, 1.165) is 23.9 Å². The summed E-state index contributed by atoms with van der Waals surface area (Å²) in [5.74, 6) is -1.82. The highest BCUT2D eigenvalue weighted by molar-refractivity contribution is 8.00. The Bertz CT molecular complexity index is 435. The van der Waals surface area contributed by atoms with E-state index in [4.69, 9.17) is 5.73 Å². The van der Waals surface area contributed by atoms with E-state index in [1.807, 2.05) is 20.8 Å². The zero-order chi connectivity index (χ0) is 13.9. The van der Waals surface area contributed by atoms with Crippen molar-refractivity contribution >= 4 is 23.4 Å². The largest absolute Gasteiger partial charge is 0.399 e. The normalized spacial score (nSPS) is 11.4. The predicted octanol–water partition coefficient (Wildman–Crippen LogP) is 2.55. The molecule has 0 spiro atoms. The molecule has 1 aromatic rings. The lowest BCUT2D eigenvalue weighted by Gasteiger charge is -2.20. The van der Waals surface area contributed by atoms with Crippen LogP contribution in [0.3, 0.4) is 0 Å². The summed E-state index contributed by atoms with van der Waals surface area (Å²) < 4.78 is 26.9. The van der Waals surface area contributed by atoms with E-state index in [2.05, 4.69) is 5.32 Å². The Balaban J connectivity index is 2.67. The molecule has 0 unspecified atom stereocenters. The Kier molecular flexibility index (Phi) is 4.56. The number of anilines is 1. The number of rotatable bonds is 3. The maximum atomic E-state index is 13.4. The highest BCUT2D eigenvalue weighted by Gasteiger charge is 2.16. The first kappa shape index (κ1) is 14.8. The number of amides is 1. The first-order valence-corrected chi connectivity index (χ1v) is 6.36. The topological polar surface area (TPSA) is 55.1 Å². The SMILES string of the molecule is CC(C)(C)NC(=O)CSc1c(F)cc(N)cc1F. The Morgan fingerprint density at radius 2 is 1.83 bits per heavy atom. The van der Waals surface area contributed by atoms with Crippen molar-refractivity contribution in [3.05, 3.63) is 23.8 Å². The first-order valence-electron chi connectivity index (χ1n) is 5.37. The van der Waals surface area contributed by atoms with Crippen LogP contribution in [0.25, 0.3) is 0 Å². The summed E-state index contributed by atoms with van der Waals surface area (Å²) >= 11 is 0.814. The molecule has 3 nitrogen and oxygen atoms in total. The molecule has 3 N–H and O–H groups in total. The van der Waals surface area contributed by atoms with Gasteiger partial charge in [-0.3, -0.25) is 4.79 Å². The fraction of sp³-hybridized carbons (Fsp3) is 0.417. The molecule has 0 aliphatic carbocycles. The van der Waals surface area contributed by atoms with Crippen molar-refractivity contribution in [1.82, 2.24) is 5.32 Å². The number of nitrogen functional groups attached to an aromatic ring is 1. The molecule has 0 aliphatic heterocycles. The van der Waals surface area contributed by atoms with Crippen LogP contribution in [0.5, 0.6) is 0 Å². The maximum absolute atomic E-state index is 13.4. The highest BCUT2D eigenvalue weighted by Crippen LogP contribution is 2.27. The van der Waals surface area contributed by atoms with Gasteiger partial charge in [0, 0.05) is 11.2 Å². The fourth-order valence-corrected chi connectivity index (χ4v) is 2.05. The van der Waals surface area contributed by atoms with E-state index in [-0.39, 0.29) is 27.8 Å². The third-order valence-corrected chi connectivity index (χ3v) is 2.97. The van der Waals surface area contributed by atoms with E-state index in [1.165, 1.54) is 0 Å². The molecule has 0 radical (unpaired) electrons. The second kappa shape index (κ2) is 5.56. The molecule has 1 amide bonds. The highest BCUT2D eigenvalue weighted by atomic mass is 32.2. The predicted molar refractivity (Wildman–Crippen MR) is 69.4 cm³/mol. The molecule has 0 saturated heterocycles. The van der Waals surface area contributed by atoms with Crippen LogP contribution in [0.15, 0.2) is 17.0 Å². The Morgan fingerprint density at radius 1 is 1.33 bits per heavy atom. The van der Waals surface area contributed by atoms with Crippen molar-refractivity contribution in [2.75, 3.05) is 11.5 Å². The molecule has 0 bridgehead atoms. The van der Waals surface area contributed by atoms with Gasteiger partial charge in [0.2, 0.25) is 5.91 Å². The molecule has 0 heterocycles. The molecular weight excluding hydrogens is 258 g/mol. The van der Waals surface area contributed by atoms with Crippen molar-refractivity contribution in [2.45, 2.75) is 31.2 Å². The van der Waals surface area contributed by atoms with E-state index >= 15 is 0 Å². The summed E-state index contributed by atoms with van der Waals surface area (Å²) in [7, 11) is 0. The Labute approximate surface area is 109 Å². The van der Waals surface area contributed by atoms with Crippen LogP contribution in [-0.2, 0) is 4.79 Å². The Morgan fingerprint density at radius 3 is 2.28 bits per heavy atom. The summed E-state index contributed by atoms with van der Waals surface area (Å²) in [6.07, 6.45) is 0. The summed E-state index contributed by atoms with van der Waals surface area (Å²) in [5, 5.41) is 2.71. The van der Waals surface area contributed by atoms with Gasteiger partial charge in [-0.2, -0.15) is 0 Å². The second-order valence-electron chi connectivity index (χ2n) is 4.90. The van der Waals surface area contributed by atoms with Gasteiger partial charge in [0.25, 0.3) is 0 Å². The third-order valence-electron chi connectivity index (χ3n) is 1.88. The lowest BCUT2D eigenvalue weighted by Crippen LogP contribution is -2.41. The third kappa shape index (κ3) is 4.52. The van der Waals surface area contributed by atoms with Crippen molar-refractivity contribution in [3.63, 3.8) is 0 Å². The van der Waals surface area contributed by atoms with Crippen molar-refractivity contribution in [2.24, 2.45) is 0 Å². The van der Waals surface area contributed by atoms with E-state index in [1.54, 1.807) is 0 Å². The zero-order valence-corrected chi connectivity index (χ0v) is 11.3. The maximum Gasteiger partial charge on any atom is 0.230 e. The molecule has 6 heteroatoms. The van der Waals surface area contributed by atoms with Gasteiger partial charge in [-0.25, -0.2) is 8.78 Å². The molecule has 0 aliphatic rings. The van der Waals surface area contributed by atoms with Crippen LogP contribution < -0.4 is 11.1 Å². The van der Waals surface area contributed by atoms with Crippen LogP contribution in [0, 0.1) is 11.6 Å². The zero-order valence-electron chi connectivity index (χ0n) is 10.5. The van der Waals surface area contributed by atoms with Crippen LogP contribution in [0.2, 0.25) is 0 Å². The molecule has 0 atom stereocenters. The summed E-state index contributed by atoms with van der Waals surface area (Å²) in [6, 6.07) is 2.07. The van der Waals surface area contributed by atoms with Gasteiger partial charge in [-0.05, 0) is 32.9 Å². The molecule has 0 aromatic heterocycles. The van der Waals surface area contributed by atoms with Gasteiger partial charge in [-0.1, -0.05) is 0 Å². The lowest BCUT2D eigenvalue weighted by atomic mass is 10.1. The number of nitrogens with one attached hydrogen (secondary N) is 1. The van der Waals surface area contributed by atoms with Crippen LogP contribution in [0.4, 0.5) is 14.5 Å². The van der Waals surface area contributed by atoms with E-state index in [9.17, 15) is 13.6 Å². The van der Waals surface area contributed by atoms with Crippen LogP contribution in [0.1, 0.15) is 20.8 Å². The van der Waals surface area contributed by atoms with Crippen molar-refractivity contribution in [3.8, 4) is 0 Å². The number of nitrogens with two attached hydrogens (primary N) is 1. The number of carbonyl (C=O) groups excluding carboxylic acids is 1. The number of benzene rings is 1. The lowest BCUT2D eigenvalue weighted by molar-refractivity contribution is -0.119. The number of hydrogen-bond donors (Lipinski definition) is 2. The number of hydrogen-bond acceptors (Lipinski definition) is 3. The molecular formula is C12H16F2N2OS.